The highest BCUT2D eigenvalue weighted by Crippen LogP contribution is 2.45. The molecule has 0 aliphatic carbocycles. The van der Waals surface area contributed by atoms with Gasteiger partial charge in [-0.2, -0.15) is 0 Å². The lowest BCUT2D eigenvalue weighted by Crippen LogP contribution is -2.48. The molecule has 3 rings (SSSR count). The zero-order valence-electron chi connectivity index (χ0n) is 9.75. The van der Waals surface area contributed by atoms with Crippen LogP contribution >= 0.6 is 0 Å². The fraction of sp³-hybridized carbons (Fsp3) is 0.250. The first-order valence-corrected chi connectivity index (χ1v) is 5.53. The molecule has 2 N–H and O–H groups in total. The molecule has 0 saturated carbocycles. The van der Waals surface area contributed by atoms with Gasteiger partial charge in [-0.1, -0.05) is 16.8 Å². The van der Waals surface area contributed by atoms with E-state index in [9.17, 15) is 0 Å². The molecule has 0 amide bonds. The largest absolute Gasteiger partial charge is 0.415 e. The lowest BCUT2D eigenvalue weighted by Gasteiger charge is -2.25. The van der Waals surface area contributed by atoms with E-state index in [-0.39, 0.29) is 6.04 Å². The second-order valence-corrected chi connectivity index (χ2v) is 4.28. The van der Waals surface area contributed by atoms with Crippen molar-refractivity contribution in [1.82, 2.24) is 0 Å². The van der Waals surface area contributed by atoms with Crippen LogP contribution in [-0.2, 0) is 0 Å². The maximum absolute atomic E-state index is 5.85. The molecule has 5 heteroatoms. The number of rotatable bonds is 1. The average Bonchev–Trinajstić information content (AvgIpc) is 2.67. The van der Waals surface area contributed by atoms with E-state index in [0.29, 0.717) is 5.95 Å². The third-order valence-corrected chi connectivity index (χ3v) is 2.77. The molecule has 17 heavy (non-hydrogen) atoms. The number of nitrogens with two attached hydrogens (primary N) is 1. The number of fused-ring (bicyclic) bond motifs is 2. The van der Waals surface area contributed by atoms with Crippen molar-refractivity contribution in [1.29, 1.82) is 0 Å². The Hall–Kier alpha value is -2.17. The molecule has 88 valence electrons. The quantitative estimate of drug-likeness (QED) is 0.603. The van der Waals surface area contributed by atoms with Gasteiger partial charge in [-0.25, -0.2) is 4.90 Å². The molecule has 2 heterocycles. The molecule has 1 aromatic carbocycles. The Balaban J connectivity index is 2.22. The zero-order valence-corrected chi connectivity index (χ0v) is 9.75. The summed E-state index contributed by atoms with van der Waals surface area (Å²) in [4.78, 5) is 2.09. The highest BCUT2D eigenvalue weighted by atomic mass is 16.6. The van der Waals surface area contributed by atoms with Crippen LogP contribution in [0, 0.1) is 0 Å². The Bertz CT molecular complexity index is 563. The van der Waals surface area contributed by atoms with Gasteiger partial charge in [0.15, 0.2) is 11.4 Å². The van der Waals surface area contributed by atoms with Gasteiger partial charge in [0.25, 0.3) is 6.39 Å². The molecule has 1 aliphatic rings. The van der Waals surface area contributed by atoms with Gasteiger partial charge in [-0.3, -0.25) is 5.84 Å². The summed E-state index contributed by atoms with van der Waals surface area (Å²) in [5.74, 6) is 7.79. The minimum absolute atomic E-state index is 0.256. The molecule has 0 atom stereocenters. The Kier molecular flexibility index (Phi) is 2.01. The lowest BCUT2D eigenvalue weighted by atomic mass is 10.2. The van der Waals surface area contributed by atoms with Crippen molar-refractivity contribution in [3.63, 3.8) is 0 Å². The topological polar surface area (TPSA) is 55.5 Å². The normalized spacial score (nSPS) is 13.2. The van der Waals surface area contributed by atoms with E-state index in [1.165, 1.54) is 11.1 Å². The van der Waals surface area contributed by atoms with Crippen molar-refractivity contribution >= 4 is 11.5 Å². The van der Waals surface area contributed by atoms with Crippen LogP contribution in [0.1, 0.15) is 13.8 Å². The third kappa shape index (κ3) is 1.35. The monoisotopic (exact) mass is 232 g/mol. The van der Waals surface area contributed by atoms with Crippen molar-refractivity contribution in [2.45, 2.75) is 19.9 Å². The summed E-state index contributed by atoms with van der Waals surface area (Å²) in [6.07, 6.45) is 1.44. The summed E-state index contributed by atoms with van der Waals surface area (Å²) >= 11 is 0. The van der Waals surface area contributed by atoms with Crippen LogP contribution in [0.4, 0.5) is 11.5 Å². The van der Waals surface area contributed by atoms with Gasteiger partial charge in [0.1, 0.15) is 0 Å². The van der Waals surface area contributed by atoms with E-state index < -0.39 is 0 Å². The summed E-state index contributed by atoms with van der Waals surface area (Å²) in [6.45, 7) is 4.19. The Labute approximate surface area is 99.0 Å². The van der Waals surface area contributed by atoms with Crippen LogP contribution in [-0.4, -0.2) is 6.04 Å². The van der Waals surface area contributed by atoms with E-state index in [0.717, 1.165) is 17.3 Å². The van der Waals surface area contributed by atoms with Crippen molar-refractivity contribution in [2.24, 2.45) is 0 Å². The number of aromatic nitrogens is 1. The van der Waals surface area contributed by atoms with Gasteiger partial charge < -0.3 is 9.15 Å². The highest BCUT2D eigenvalue weighted by Gasteiger charge is 2.39. The van der Waals surface area contributed by atoms with Gasteiger partial charge in [0, 0.05) is 0 Å². The Morgan fingerprint density at radius 2 is 2.06 bits per heavy atom. The van der Waals surface area contributed by atoms with E-state index >= 15 is 0 Å². The fourth-order valence-electron chi connectivity index (χ4n) is 2.08. The third-order valence-electron chi connectivity index (χ3n) is 2.77. The number of hydrogen-bond donors (Lipinski definition) is 1. The maximum atomic E-state index is 5.85. The van der Waals surface area contributed by atoms with Gasteiger partial charge in [-0.05, 0) is 26.0 Å². The van der Waals surface area contributed by atoms with Gasteiger partial charge >= 0.3 is 11.8 Å². The molecule has 0 spiro atoms. The fourth-order valence-corrected chi connectivity index (χ4v) is 2.08. The minimum atomic E-state index is 0.256. The predicted molar refractivity (Wildman–Crippen MR) is 62.8 cm³/mol. The summed E-state index contributed by atoms with van der Waals surface area (Å²) in [5.41, 5.74) is 0.996. The van der Waals surface area contributed by atoms with Crippen LogP contribution in [0.5, 0.6) is 11.7 Å². The first-order chi connectivity index (χ1) is 8.18. The molecule has 0 fully saturated rings. The number of para-hydroxylation sites is 2. The van der Waals surface area contributed by atoms with E-state index in [1.807, 2.05) is 24.3 Å². The Morgan fingerprint density at radius 1 is 1.29 bits per heavy atom. The SMILES string of the molecule is CC(C)N1c2ccccc2Oc2oc[n+](N)c21. The first kappa shape index (κ1) is 10.0. The van der Waals surface area contributed by atoms with Crippen molar-refractivity contribution in [2.75, 3.05) is 10.7 Å². The molecule has 2 aromatic rings. The van der Waals surface area contributed by atoms with E-state index in [2.05, 4.69) is 18.7 Å². The zero-order chi connectivity index (χ0) is 12.0. The van der Waals surface area contributed by atoms with Crippen molar-refractivity contribution < 1.29 is 13.8 Å². The first-order valence-electron chi connectivity index (χ1n) is 5.53. The van der Waals surface area contributed by atoms with Crippen molar-refractivity contribution in [3.8, 4) is 11.7 Å². The second-order valence-electron chi connectivity index (χ2n) is 4.28. The van der Waals surface area contributed by atoms with Crippen LogP contribution in [0.3, 0.4) is 0 Å². The maximum Gasteiger partial charge on any atom is 0.391 e. The second kappa shape index (κ2) is 3.41. The summed E-state index contributed by atoms with van der Waals surface area (Å²) in [7, 11) is 0. The molecule has 0 radical (unpaired) electrons. The smallest absolute Gasteiger partial charge is 0.391 e. The Morgan fingerprint density at radius 3 is 2.82 bits per heavy atom. The van der Waals surface area contributed by atoms with Crippen LogP contribution in [0.15, 0.2) is 35.1 Å². The average molecular weight is 232 g/mol. The molecule has 0 unspecified atom stereocenters. The molecule has 5 nitrogen and oxygen atoms in total. The van der Waals surface area contributed by atoms with Gasteiger partial charge in [-0.15, -0.1) is 0 Å². The van der Waals surface area contributed by atoms with E-state index in [1.54, 1.807) is 0 Å². The summed E-state index contributed by atoms with van der Waals surface area (Å²) in [6, 6.07) is 8.08. The van der Waals surface area contributed by atoms with Gasteiger partial charge in [0.2, 0.25) is 0 Å². The number of nitrogens with zero attached hydrogens (tertiary/aromatic N) is 2. The molecule has 0 saturated heterocycles. The van der Waals surface area contributed by atoms with Crippen LogP contribution < -0.4 is 20.2 Å². The van der Waals surface area contributed by atoms with Crippen molar-refractivity contribution in [3.05, 3.63) is 30.7 Å². The number of nitrogen functional groups attached to an aromatic ring is 1. The van der Waals surface area contributed by atoms with Gasteiger partial charge in [0.05, 0.1) is 6.04 Å². The van der Waals surface area contributed by atoms with E-state index in [4.69, 9.17) is 15.0 Å². The molecule has 1 aliphatic heterocycles. The summed E-state index contributed by atoms with van der Waals surface area (Å²) < 4.78 is 12.4. The van der Waals surface area contributed by atoms with Crippen LogP contribution in [0.25, 0.3) is 0 Å². The molecular weight excluding hydrogens is 218 g/mol. The lowest BCUT2D eigenvalue weighted by molar-refractivity contribution is -0.629. The number of oxazole rings is 1. The number of benzene rings is 1. The highest BCUT2D eigenvalue weighted by molar-refractivity contribution is 5.72. The van der Waals surface area contributed by atoms with Crippen LogP contribution in [0.2, 0.25) is 0 Å². The number of ether oxygens (including phenoxy) is 1. The minimum Gasteiger partial charge on any atom is -0.415 e. The standard InChI is InChI=1S/C12H14N3O2/c1-8(2)15-9-5-3-4-6-10(9)17-12-11(15)14(13)7-16-12/h3-8H,13H2,1-2H3/q+1. The predicted octanol–water partition coefficient (Wildman–Crippen LogP) is 1.93. The summed E-state index contributed by atoms with van der Waals surface area (Å²) in [5, 5.41) is 0. The molecule has 1 aromatic heterocycles. The molecule has 0 bridgehead atoms. The number of anilines is 2. The number of hydrogen-bond acceptors (Lipinski definition) is 4. The molecular formula is C12H14N3O2+.